The van der Waals surface area contributed by atoms with Crippen molar-refractivity contribution in [2.75, 3.05) is 26.4 Å². The quantitative estimate of drug-likeness (QED) is 0.0949. The number of hydrogen-bond donors (Lipinski definition) is 13. The van der Waals surface area contributed by atoms with E-state index in [1.54, 1.807) is 0 Å². The first-order valence-electron chi connectivity index (χ1n) is 14.2. The van der Waals surface area contributed by atoms with Gasteiger partial charge in [-0.3, -0.25) is 0 Å². The molecule has 0 amide bonds. The minimum Gasteiger partial charge on any atom is -0.394 e. The van der Waals surface area contributed by atoms with Crippen molar-refractivity contribution in [1.29, 1.82) is 0 Å². The lowest BCUT2D eigenvalue weighted by Crippen LogP contribution is -2.73. The number of alkyl halides is 2. The van der Waals surface area contributed by atoms with Crippen molar-refractivity contribution in [3.8, 4) is 0 Å². The van der Waals surface area contributed by atoms with Crippen molar-refractivity contribution >= 4 is 0 Å². The van der Waals surface area contributed by atoms with Gasteiger partial charge in [0.1, 0.15) is 79.4 Å². The molecule has 4 rings (SSSR count). The summed E-state index contributed by atoms with van der Waals surface area (Å²) in [6.45, 7) is -4.23. The molecule has 0 bridgehead atoms. The van der Waals surface area contributed by atoms with Gasteiger partial charge < -0.3 is 99.5 Å². The Bertz CT molecular complexity index is 927. The molecule has 0 aromatic heterocycles. The SMILES string of the molecule is OC[C@H]1O[C@@H](O[C@H]2[C@H](O)[C@@H](O)C(O[C@H]3[C@H](O)[C@@H](F)[C@H](O)O[C@@H]3CO)(O[C@H]3[C@H](O)[C@@H](F)[C@@H](O)O[C@@H]3CO)O[C@@H]2CO)[C@H](O)[C@@H](O)[C@@H]1O. The standard InChI is InChI=1S/C24H40F2O20/c25-9-12(32)18(6(2-28)40-21(9)38)45-24(46-19-7(3-29)41-22(39)10(26)13(19)33)20(37)16(36)17(8(4-30)44-24)43-23-15(35)14(34)11(31)5(1-27)42-23/h5-23,27-39H,1-4H2/t5-,6-,7-,8-,9-,10-,11-,12-,13-,14+,15-,16+,17-,18-,19-,20-,21-,22+,23+,24?/m1/s1. The molecule has 13 N–H and O–H groups in total. The van der Waals surface area contributed by atoms with Crippen molar-refractivity contribution in [3.05, 3.63) is 0 Å². The average Bonchev–Trinajstić information content (AvgIpc) is 3.04. The number of aliphatic hydroxyl groups is 13. The van der Waals surface area contributed by atoms with Crippen molar-refractivity contribution in [3.63, 3.8) is 0 Å². The normalized spacial score (nSPS) is 53.7. The molecule has 0 aromatic carbocycles. The van der Waals surface area contributed by atoms with Crippen LogP contribution in [-0.4, -0.2) is 215 Å². The number of hydrogen-bond acceptors (Lipinski definition) is 20. The summed E-state index contributed by atoms with van der Waals surface area (Å²) < 4.78 is 66.5. The van der Waals surface area contributed by atoms with Gasteiger partial charge in [-0.05, 0) is 0 Å². The minimum atomic E-state index is -3.35. The third-order valence-corrected chi connectivity index (χ3v) is 8.22. The number of rotatable bonds is 10. The zero-order chi connectivity index (χ0) is 34.2. The third kappa shape index (κ3) is 7.03. The molecule has 20 nitrogen and oxygen atoms in total. The molecule has 0 radical (unpaired) electrons. The summed E-state index contributed by atoms with van der Waals surface area (Å²) in [5.74, 6) is -3.35. The second kappa shape index (κ2) is 15.3. The lowest BCUT2D eigenvalue weighted by atomic mass is 9.94. The van der Waals surface area contributed by atoms with Gasteiger partial charge in [-0.15, -0.1) is 0 Å². The summed E-state index contributed by atoms with van der Waals surface area (Å²) in [7, 11) is 0. The lowest BCUT2D eigenvalue weighted by Gasteiger charge is -2.54. The number of aliphatic hydroxyl groups excluding tert-OH is 13. The van der Waals surface area contributed by atoms with Crippen LogP contribution in [-0.2, 0) is 33.2 Å². The Labute approximate surface area is 258 Å². The second-order valence-electron chi connectivity index (χ2n) is 11.2. The van der Waals surface area contributed by atoms with Crippen LogP contribution in [0.1, 0.15) is 0 Å². The Hall–Kier alpha value is -0.940. The van der Waals surface area contributed by atoms with Gasteiger partial charge in [0.15, 0.2) is 37.3 Å². The van der Waals surface area contributed by atoms with Gasteiger partial charge in [0.05, 0.1) is 26.4 Å². The molecule has 4 fully saturated rings. The molecule has 0 aromatic rings. The molecule has 0 saturated carbocycles. The van der Waals surface area contributed by atoms with Gasteiger partial charge >= 0.3 is 5.97 Å². The van der Waals surface area contributed by atoms with E-state index in [1.165, 1.54) is 0 Å². The summed E-state index contributed by atoms with van der Waals surface area (Å²) in [4.78, 5) is 0. The van der Waals surface area contributed by atoms with Gasteiger partial charge in [0.25, 0.3) is 0 Å². The maximum absolute atomic E-state index is 14.6. The van der Waals surface area contributed by atoms with Crippen molar-refractivity contribution < 1.29 is 108 Å². The van der Waals surface area contributed by atoms with E-state index in [0.717, 1.165) is 0 Å². The van der Waals surface area contributed by atoms with Gasteiger partial charge in [0, 0.05) is 0 Å². The summed E-state index contributed by atoms with van der Waals surface area (Å²) in [6.07, 6.45) is -40.8. The van der Waals surface area contributed by atoms with Crippen molar-refractivity contribution in [2.24, 2.45) is 0 Å². The van der Waals surface area contributed by atoms with Crippen LogP contribution >= 0.6 is 0 Å². The molecule has 4 aliphatic heterocycles. The Morgan fingerprint density at radius 2 is 0.957 bits per heavy atom. The Morgan fingerprint density at radius 1 is 0.500 bits per heavy atom. The van der Waals surface area contributed by atoms with Crippen LogP contribution in [0.5, 0.6) is 0 Å². The first-order chi connectivity index (χ1) is 21.7. The molecule has 0 aliphatic carbocycles. The molecule has 1 unspecified atom stereocenters. The minimum absolute atomic E-state index is 0.879. The highest BCUT2D eigenvalue weighted by Crippen LogP contribution is 2.41. The van der Waals surface area contributed by atoms with E-state index >= 15 is 0 Å². The molecule has 20 atom stereocenters. The zero-order valence-electron chi connectivity index (χ0n) is 23.7. The number of ether oxygens (including phenoxy) is 7. The fourth-order valence-electron chi connectivity index (χ4n) is 5.59. The van der Waals surface area contributed by atoms with Crippen LogP contribution in [0.3, 0.4) is 0 Å². The van der Waals surface area contributed by atoms with Crippen LogP contribution < -0.4 is 0 Å². The summed E-state index contributed by atoms with van der Waals surface area (Å²) in [5.41, 5.74) is 0. The molecule has 4 saturated heterocycles. The van der Waals surface area contributed by atoms with Crippen LogP contribution in [0, 0.1) is 0 Å². The maximum Gasteiger partial charge on any atom is 0.314 e. The molecular formula is C24H40F2O20. The highest BCUT2D eigenvalue weighted by Gasteiger charge is 2.63. The summed E-state index contributed by atoms with van der Waals surface area (Å²) >= 11 is 0. The topological polar surface area (TPSA) is 328 Å². The Balaban J connectivity index is 1.71. The van der Waals surface area contributed by atoms with Crippen LogP contribution in [0.4, 0.5) is 8.78 Å². The van der Waals surface area contributed by atoms with Crippen molar-refractivity contribution in [2.45, 2.75) is 123 Å². The van der Waals surface area contributed by atoms with E-state index in [4.69, 9.17) is 33.2 Å². The molecule has 46 heavy (non-hydrogen) atoms. The van der Waals surface area contributed by atoms with Gasteiger partial charge in [-0.2, -0.15) is 0 Å². The second-order valence-corrected chi connectivity index (χ2v) is 11.2. The van der Waals surface area contributed by atoms with Gasteiger partial charge in [-0.1, -0.05) is 0 Å². The Kier molecular flexibility index (Phi) is 12.6. The summed E-state index contributed by atoms with van der Waals surface area (Å²) in [5, 5.41) is 133. The maximum atomic E-state index is 14.6. The predicted molar refractivity (Wildman–Crippen MR) is 133 cm³/mol. The fraction of sp³-hybridized carbons (Fsp3) is 1.00. The lowest BCUT2D eigenvalue weighted by molar-refractivity contribution is -0.505. The molecule has 22 heteroatoms. The van der Waals surface area contributed by atoms with Crippen molar-refractivity contribution in [1.82, 2.24) is 0 Å². The highest BCUT2D eigenvalue weighted by atomic mass is 19.1. The van der Waals surface area contributed by atoms with E-state index < -0.39 is 149 Å². The average molecular weight is 687 g/mol. The van der Waals surface area contributed by atoms with E-state index in [-0.39, 0.29) is 0 Å². The van der Waals surface area contributed by atoms with E-state index in [1.807, 2.05) is 0 Å². The molecule has 4 aliphatic rings. The first-order valence-corrected chi connectivity index (χ1v) is 14.2. The van der Waals surface area contributed by atoms with Crippen LogP contribution in [0.25, 0.3) is 0 Å². The Morgan fingerprint density at radius 3 is 1.39 bits per heavy atom. The summed E-state index contributed by atoms with van der Waals surface area (Å²) in [6, 6.07) is 0. The fourth-order valence-corrected chi connectivity index (χ4v) is 5.59. The smallest absolute Gasteiger partial charge is 0.314 e. The van der Waals surface area contributed by atoms with Gasteiger partial charge in [0.2, 0.25) is 0 Å². The molecule has 270 valence electrons. The highest BCUT2D eigenvalue weighted by molar-refractivity contribution is 5.01. The monoisotopic (exact) mass is 686 g/mol. The van der Waals surface area contributed by atoms with E-state index in [2.05, 4.69) is 0 Å². The third-order valence-electron chi connectivity index (χ3n) is 8.22. The van der Waals surface area contributed by atoms with Crippen LogP contribution in [0.15, 0.2) is 0 Å². The first kappa shape index (κ1) is 37.9. The van der Waals surface area contributed by atoms with Crippen LogP contribution in [0.2, 0.25) is 0 Å². The molecule has 0 spiro atoms. The largest absolute Gasteiger partial charge is 0.394 e. The van der Waals surface area contributed by atoms with E-state index in [9.17, 15) is 75.2 Å². The number of halogens is 2. The van der Waals surface area contributed by atoms with E-state index in [0.29, 0.717) is 0 Å². The molecular weight excluding hydrogens is 646 g/mol. The zero-order valence-corrected chi connectivity index (χ0v) is 23.7. The predicted octanol–water partition coefficient (Wildman–Crippen LogP) is -8.47. The molecule has 4 heterocycles. The van der Waals surface area contributed by atoms with Gasteiger partial charge in [-0.25, -0.2) is 8.78 Å².